The summed E-state index contributed by atoms with van der Waals surface area (Å²) in [6, 6.07) is 4.19. The molecular weight excluding hydrogens is 461 g/mol. The molecule has 0 aliphatic heterocycles. The highest BCUT2D eigenvalue weighted by Crippen LogP contribution is 2.54. The van der Waals surface area contributed by atoms with Crippen LogP contribution in [0.4, 0.5) is 10.1 Å². The molecule has 5 atom stereocenters. The number of nitrogens with zero attached hydrogens (tertiary/aromatic N) is 1. The molecule has 7 nitrogen and oxygen atoms in total. The number of fused-ring (bicyclic) bond motifs is 2. The van der Waals surface area contributed by atoms with Crippen molar-refractivity contribution >= 4 is 23.3 Å². The van der Waals surface area contributed by atoms with Gasteiger partial charge in [0, 0.05) is 24.5 Å². The van der Waals surface area contributed by atoms with E-state index < -0.39 is 23.2 Å². The number of carbonyl (C=O) groups excluding carboxylic acids is 3. The Bertz CT molecular complexity index is 1270. The lowest BCUT2D eigenvalue weighted by atomic mass is 9.54. The average Bonchev–Trinajstić information content (AvgIpc) is 3.03. The van der Waals surface area contributed by atoms with Crippen LogP contribution in [0.1, 0.15) is 76.2 Å². The summed E-state index contributed by atoms with van der Waals surface area (Å²) < 4.78 is 15.2. The number of Topliss-reactive ketones (excluding diaryl/α,β-unsaturated/α-hetero) is 1. The topological polar surface area (TPSA) is 100 Å². The molecule has 0 saturated heterocycles. The fourth-order valence-electron chi connectivity index (χ4n) is 7.07. The van der Waals surface area contributed by atoms with E-state index in [1.165, 1.54) is 12.1 Å². The number of carbonyl (C=O) groups is 3. The predicted octanol–water partition coefficient (Wildman–Crippen LogP) is 3.97. The van der Waals surface area contributed by atoms with Crippen molar-refractivity contribution in [3.05, 3.63) is 52.1 Å². The van der Waals surface area contributed by atoms with Crippen molar-refractivity contribution in [3.8, 4) is 0 Å². The van der Waals surface area contributed by atoms with Crippen molar-refractivity contribution in [3.63, 3.8) is 0 Å². The molecule has 3 aliphatic carbocycles. The van der Waals surface area contributed by atoms with Crippen molar-refractivity contribution in [2.75, 3.05) is 5.32 Å². The lowest BCUT2D eigenvalue weighted by Gasteiger charge is -2.55. The lowest BCUT2D eigenvalue weighted by Crippen LogP contribution is -2.57. The quantitative estimate of drug-likeness (QED) is 0.432. The molecule has 3 aliphatic rings. The van der Waals surface area contributed by atoms with Crippen LogP contribution in [0.15, 0.2) is 18.2 Å². The largest absolute Gasteiger partial charge is 0.390 e. The Kier molecular flexibility index (Phi) is 6.06. The third-order valence-corrected chi connectivity index (χ3v) is 8.97. The van der Waals surface area contributed by atoms with E-state index in [-0.39, 0.29) is 23.5 Å². The van der Waals surface area contributed by atoms with Crippen LogP contribution in [-0.2, 0) is 11.8 Å². The summed E-state index contributed by atoms with van der Waals surface area (Å²) in [5.74, 6) is -0.952. The van der Waals surface area contributed by atoms with Gasteiger partial charge in [0.25, 0.3) is 17.6 Å². The predicted molar refractivity (Wildman–Crippen MR) is 133 cm³/mol. The molecule has 0 spiro atoms. The normalized spacial score (nSPS) is 28.6. The Hall–Kier alpha value is -3.00. The highest BCUT2D eigenvalue weighted by molar-refractivity contribution is 6.43. The van der Waals surface area contributed by atoms with Gasteiger partial charge in [-0.2, -0.15) is 0 Å². The minimum atomic E-state index is -0.670. The van der Waals surface area contributed by atoms with Gasteiger partial charge in [0.2, 0.25) is 0 Å². The highest BCUT2D eigenvalue weighted by atomic mass is 19.1. The van der Waals surface area contributed by atoms with E-state index in [1.54, 1.807) is 38.5 Å². The molecule has 2 aromatic rings. The van der Waals surface area contributed by atoms with E-state index in [4.69, 9.17) is 0 Å². The lowest BCUT2D eigenvalue weighted by molar-refractivity contribution is -0.128. The zero-order chi connectivity index (χ0) is 25.9. The Morgan fingerprint density at radius 3 is 2.53 bits per heavy atom. The van der Waals surface area contributed by atoms with Crippen LogP contribution in [0.5, 0.6) is 0 Å². The maximum atomic E-state index is 13.6. The Morgan fingerprint density at radius 2 is 1.81 bits per heavy atom. The monoisotopic (exact) mass is 495 g/mol. The summed E-state index contributed by atoms with van der Waals surface area (Å²) >= 11 is 0. The van der Waals surface area contributed by atoms with Gasteiger partial charge in [-0.3, -0.25) is 14.4 Å². The highest BCUT2D eigenvalue weighted by Gasteiger charge is 2.51. The molecule has 8 heteroatoms. The minimum absolute atomic E-state index is 0.124. The van der Waals surface area contributed by atoms with Crippen molar-refractivity contribution in [2.24, 2.45) is 24.8 Å². The number of hydrogen-bond donors (Lipinski definition) is 3. The van der Waals surface area contributed by atoms with Gasteiger partial charge in [-0.1, -0.05) is 0 Å². The van der Waals surface area contributed by atoms with Crippen LogP contribution in [0.3, 0.4) is 0 Å². The molecule has 3 bridgehead atoms. The number of halogens is 1. The van der Waals surface area contributed by atoms with Crippen LogP contribution >= 0.6 is 0 Å². The van der Waals surface area contributed by atoms with Crippen LogP contribution < -0.4 is 10.6 Å². The van der Waals surface area contributed by atoms with Gasteiger partial charge in [0.05, 0.1) is 16.9 Å². The molecule has 192 valence electrons. The fourth-order valence-corrected chi connectivity index (χ4v) is 7.07. The Morgan fingerprint density at radius 1 is 1.08 bits per heavy atom. The van der Waals surface area contributed by atoms with Crippen molar-refractivity contribution in [2.45, 2.75) is 70.9 Å². The molecule has 0 radical (unpaired) electrons. The van der Waals surface area contributed by atoms with E-state index in [2.05, 4.69) is 10.6 Å². The second-order valence-corrected chi connectivity index (χ2v) is 11.2. The van der Waals surface area contributed by atoms with Gasteiger partial charge in [-0.05, 0) is 106 Å². The van der Waals surface area contributed by atoms with Crippen LogP contribution in [0, 0.1) is 44.3 Å². The summed E-state index contributed by atoms with van der Waals surface area (Å²) in [7, 11) is 1.67. The number of rotatable bonds is 5. The summed E-state index contributed by atoms with van der Waals surface area (Å²) in [6.45, 7) is 5.01. The first kappa shape index (κ1) is 24.7. The zero-order valence-electron chi connectivity index (χ0n) is 21.3. The van der Waals surface area contributed by atoms with Crippen LogP contribution in [0.25, 0.3) is 0 Å². The van der Waals surface area contributed by atoms with Gasteiger partial charge < -0.3 is 20.3 Å². The molecule has 3 N–H and O–H groups in total. The second kappa shape index (κ2) is 8.83. The molecular formula is C28H34FN3O4. The summed E-state index contributed by atoms with van der Waals surface area (Å²) in [6.07, 6.45) is 5.16. The van der Waals surface area contributed by atoms with Crippen molar-refractivity contribution in [1.82, 2.24) is 9.88 Å². The molecule has 1 heterocycles. The first-order chi connectivity index (χ1) is 17.0. The maximum absolute atomic E-state index is 13.6. The third-order valence-electron chi connectivity index (χ3n) is 8.97. The van der Waals surface area contributed by atoms with E-state index in [0.717, 1.165) is 32.1 Å². The standard InChI is InChI=1S/C28H34FN3O4/c1-14-9-20(5-6-21(14)29)30-26(34)23-15(2)24(32(4)16(23)3)25(33)27(35)31-22-11-17-7-8-28(36)12-18(17)10-19(22)13-28/h5-6,9,17-19,22,36H,7-8,10-13H2,1-4H3,(H,30,34)(H,31,35)/t17?,18?,19?,22-,28+/m1/s1. The number of nitrogens with one attached hydrogen (secondary N) is 2. The third kappa shape index (κ3) is 4.15. The number of aliphatic hydroxyl groups is 1. The average molecular weight is 496 g/mol. The minimum Gasteiger partial charge on any atom is -0.390 e. The van der Waals surface area contributed by atoms with E-state index in [0.29, 0.717) is 46.3 Å². The van der Waals surface area contributed by atoms with Crippen LogP contribution in [-0.4, -0.2) is 38.9 Å². The van der Waals surface area contributed by atoms with E-state index in [9.17, 15) is 23.9 Å². The summed E-state index contributed by atoms with van der Waals surface area (Å²) in [4.78, 5) is 39.6. The van der Waals surface area contributed by atoms with Gasteiger partial charge in [-0.25, -0.2) is 4.39 Å². The molecule has 2 amide bonds. The number of benzene rings is 1. The number of aryl methyl sites for hydroxylation is 1. The fraction of sp³-hybridized carbons (Fsp3) is 0.536. The number of aromatic nitrogens is 1. The number of anilines is 1. The van der Waals surface area contributed by atoms with Crippen molar-refractivity contribution < 1.29 is 23.9 Å². The number of amides is 2. The maximum Gasteiger partial charge on any atom is 0.294 e. The molecule has 1 aromatic carbocycles. The van der Waals surface area contributed by atoms with Gasteiger partial charge in [-0.15, -0.1) is 0 Å². The first-order valence-corrected chi connectivity index (χ1v) is 12.8. The first-order valence-electron chi connectivity index (χ1n) is 12.8. The summed E-state index contributed by atoms with van der Waals surface area (Å²) in [5.41, 5.74) is 1.73. The second-order valence-electron chi connectivity index (χ2n) is 11.2. The summed E-state index contributed by atoms with van der Waals surface area (Å²) in [5, 5.41) is 16.7. The number of ketones is 1. The smallest absolute Gasteiger partial charge is 0.294 e. The van der Waals surface area contributed by atoms with E-state index >= 15 is 0 Å². The molecule has 3 fully saturated rings. The SMILES string of the molecule is Cc1cc(NC(=O)c2c(C)c(C(=O)C(=O)N[C@@H]3CC4CC[C@]5(O)CC4CC3C5)n(C)c2C)ccc1F. The van der Waals surface area contributed by atoms with Gasteiger partial charge in [0.15, 0.2) is 0 Å². The Balaban J connectivity index is 1.34. The molecule has 3 unspecified atom stereocenters. The van der Waals surface area contributed by atoms with E-state index in [1.807, 2.05) is 0 Å². The molecule has 5 rings (SSSR count). The van der Waals surface area contributed by atoms with Crippen LogP contribution in [0.2, 0.25) is 0 Å². The van der Waals surface area contributed by atoms with Gasteiger partial charge >= 0.3 is 0 Å². The molecule has 36 heavy (non-hydrogen) atoms. The molecule has 1 aromatic heterocycles. The Labute approximate surface area is 210 Å². The van der Waals surface area contributed by atoms with Gasteiger partial charge in [0.1, 0.15) is 5.82 Å². The van der Waals surface area contributed by atoms with Crippen molar-refractivity contribution in [1.29, 1.82) is 0 Å². The zero-order valence-corrected chi connectivity index (χ0v) is 21.3. The molecule has 3 saturated carbocycles. The number of hydrogen-bond acceptors (Lipinski definition) is 4.